The number of carbonyl (C=O) groups excluding carboxylic acids is 1. The highest BCUT2D eigenvalue weighted by atomic mass is 16.5. The predicted molar refractivity (Wildman–Crippen MR) is 66.4 cm³/mol. The second-order valence-electron chi connectivity index (χ2n) is 4.66. The normalized spacial score (nSPS) is 16.9. The molecule has 3 heterocycles. The lowest BCUT2D eigenvalue weighted by atomic mass is 10.00. The predicted octanol–water partition coefficient (Wildman–Crippen LogP) is 0.514. The summed E-state index contributed by atoms with van der Waals surface area (Å²) in [6, 6.07) is 0. The molecule has 100 valence electrons. The lowest BCUT2D eigenvalue weighted by Gasteiger charge is -2.20. The van der Waals surface area contributed by atoms with Gasteiger partial charge in [-0.05, 0) is 12.8 Å². The highest BCUT2D eigenvalue weighted by Crippen LogP contribution is 2.25. The highest BCUT2D eigenvalue weighted by Gasteiger charge is 2.22. The van der Waals surface area contributed by atoms with Crippen LogP contribution in [0.25, 0.3) is 5.52 Å². The number of aromatic amines is 1. The monoisotopic (exact) mass is 262 g/mol. The van der Waals surface area contributed by atoms with E-state index in [2.05, 4.69) is 15.1 Å². The fourth-order valence-corrected chi connectivity index (χ4v) is 2.31. The third kappa shape index (κ3) is 2.06. The Labute approximate surface area is 108 Å². The van der Waals surface area contributed by atoms with Gasteiger partial charge in [-0.25, -0.2) is 9.50 Å². The van der Waals surface area contributed by atoms with E-state index in [4.69, 9.17) is 4.74 Å². The molecular formula is C12H14N4O3. The molecule has 0 aromatic carbocycles. The molecule has 1 aliphatic heterocycles. The molecule has 2 aromatic rings. The van der Waals surface area contributed by atoms with Crippen LogP contribution in [-0.4, -0.2) is 38.6 Å². The maximum absolute atomic E-state index is 11.9. The maximum atomic E-state index is 11.9. The van der Waals surface area contributed by atoms with Gasteiger partial charge in [0, 0.05) is 26.1 Å². The summed E-state index contributed by atoms with van der Waals surface area (Å²) in [7, 11) is 0. The molecule has 0 aliphatic carbocycles. The van der Waals surface area contributed by atoms with Gasteiger partial charge >= 0.3 is 0 Å². The van der Waals surface area contributed by atoms with Crippen molar-refractivity contribution in [3.05, 3.63) is 28.2 Å². The molecule has 3 rings (SSSR count). The van der Waals surface area contributed by atoms with Crippen molar-refractivity contribution >= 4 is 11.3 Å². The zero-order valence-corrected chi connectivity index (χ0v) is 10.5. The molecule has 19 heavy (non-hydrogen) atoms. The number of nitrogens with zero attached hydrogens (tertiary/aromatic N) is 3. The van der Waals surface area contributed by atoms with E-state index in [1.165, 1.54) is 17.6 Å². The van der Waals surface area contributed by atoms with Gasteiger partial charge in [0.05, 0.1) is 6.20 Å². The van der Waals surface area contributed by atoms with Gasteiger partial charge in [-0.2, -0.15) is 0 Å². The van der Waals surface area contributed by atoms with Gasteiger partial charge in [0.2, 0.25) is 0 Å². The van der Waals surface area contributed by atoms with Gasteiger partial charge in [-0.15, -0.1) is 5.10 Å². The molecule has 1 saturated heterocycles. The Bertz CT molecular complexity index is 682. The van der Waals surface area contributed by atoms with Crippen molar-refractivity contribution in [2.45, 2.75) is 25.7 Å². The van der Waals surface area contributed by atoms with Crippen LogP contribution in [-0.2, 0) is 4.74 Å². The molecule has 7 heteroatoms. The molecule has 2 aromatic heterocycles. The molecule has 0 amide bonds. The van der Waals surface area contributed by atoms with Gasteiger partial charge in [-0.1, -0.05) is 0 Å². The molecule has 0 unspecified atom stereocenters. The Morgan fingerprint density at radius 1 is 1.47 bits per heavy atom. The first-order valence-corrected chi connectivity index (χ1v) is 6.23. The first kappa shape index (κ1) is 12.0. The van der Waals surface area contributed by atoms with Crippen LogP contribution in [0.3, 0.4) is 0 Å². The van der Waals surface area contributed by atoms with E-state index in [1.807, 2.05) is 0 Å². The number of ether oxygens (including phenoxy) is 1. The van der Waals surface area contributed by atoms with Crippen LogP contribution in [0.15, 0.2) is 11.0 Å². The van der Waals surface area contributed by atoms with E-state index in [0.717, 1.165) is 18.7 Å². The van der Waals surface area contributed by atoms with E-state index in [1.54, 1.807) is 0 Å². The number of hydrogen-bond donors (Lipinski definition) is 1. The molecule has 0 spiro atoms. The molecular weight excluding hydrogens is 248 g/mol. The van der Waals surface area contributed by atoms with E-state index >= 15 is 0 Å². The summed E-state index contributed by atoms with van der Waals surface area (Å²) < 4.78 is 6.81. The fraction of sp³-hybridized carbons (Fsp3) is 0.500. The SMILES string of the molecule is CC(=O)c1nn2c(C3CCOCC3)ncc2c(=O)[nH]1. The summed E-state index contributed by atoms with van der Waals surface area (Å²) in [6.45, 7) is 2.74. The van der Waals surface area contributed by atoms with Crippen molar-refractivity contribution in [2.75, 3.05) is 13.2 Å². The van der Waals surface area contributed by atoms with Crippen LogP contribution >= 0.6 is 0 Å². The van der Waals surface area contributed by atoms with Gasteiger partial charge in [0.1, 0.15) is 5.82 Å². The number of H-pyrrole nitrogens is 1. The van der Waals surface area contributed by atoms with Gasteiger partial charge in [0.25, 0.3) is 5.56 Å². The topological polar surface area (TPSA) is 89.3 Å². The largest absolute Gasteiger partial charge is 0.381 e. The van der Waals surface area contributed by atoms with Crippen LogP contribution in [0, 0.1) is 0 Å². The van der Waals surface area contributed by atoms with Crippen molar-refractivity contribution in [3.8, 4) is 0 Å². The van der Waals surface area contributed by atoms with E-state index in [9.17, 15) is 9.59 Å². The smallest absolute Gasteiger partial charge is 0.277 e. The van der Waals surface area contributed by atoms with Crippen LogP contribution < -0.4 is 5.56 Å². The molecule has 0 bridgehead atoms. The molecule has 1 fully saturated rings. The van der Waals surface area contributed by atoms with E-state index < -0.39 is 0 Å². The van der Waals surface area contributed by atoms with Gasteiger partial charge in [-0.3, -0.25) is 9.59 Å². The first-order valence-electron chi connectivity index (χ1n) is 6.23. The van der Waals surface area contributed by atoms with Crippen LogP contribution in [0.4, 0.5) is 0 Å². The number of imidazole rings is 1. The number of aromatic nitrogens is 4. The molecule has 0 saturated carbocycles. The fourth-order valence-electron chi connectivity index (χ4n) is 2.31. The lowest BCUT2D eigenvalue weighted by molar-refractivity contribution is 0.0832. The molecule has 1 aliphatic rings. The van der Waals surface area contributed by atoms with Crippen molar-refractivity contribution in [1.29, 1.82) is 0 Å². The van der Waals surface area contributed by atoms with Crippen LogP contribution in [0.2, 0.25) is 0 Å². The highest BCUT2D eigenvalue weighted by molar-refractivity contribution is 5.90. The van der Waals surface area contributed by atoms with Crippen molar-refractivity contribution < 1.29 is 9.53 Å². The van der Waals surface area contributed by atoms with Gasteiger partial charge in [0.15, 0.2) is 17.1 Å². The average Bonchev–Trinajstić information content (AvgIpc) is 2.84. The molecule has 0 radical (unpaired) electrons. The summed E-state index contributed by atoms with van der Waals surface area (Å²) in [5.74, 6) is 0.728. The van der Waals surface area contributed by atoms with Crippen LogP contribution in [0.5, 0.6) is 0 Å². The average molecular weight is 262 g/mol. The number of rotatable bonds is 2. The Kier molecular flexibility index (Phi) is 2.90. The molecule has 7 nitrogen and oxygen atoms in total. The molecule has 1 N–H and O–H groups in total. The lowest BCUT2D eigenvalue weighted by Crippen LogP contribution is -2.21. The van der Waals surface area contributed by atoms with Crippen molar-refractivity contribution in [2.24, 2.45) is 0 Å². The quantitative estimate of drug-likeness (QED) is 0.797. The zero-order valence-electron chi connectivity index (χ0n) is 10.5. The minimum absolute atomic E-state index is 0.0591. The standard InChI is InChI=1S/C12H14N4O3/c1-7(17)10-14-12(18)9-6-13-11(16(9)15-10)8-2-4-19-5-3-8/h6,8H,2-5H2,1H3,(H,14,15,18). The van der Waals surface area contributed by atoms with E-state index in [0.29, 0.717) is 18.7 Å². The van der Waals surface area contributed by atoms with Crippen LogP contribution in [0.1, 0.15) is 42.1 Å². The van der Waals surface area contributed by atoms with E-state index in [-0.39, 0.29) is 23.1 Å². The first-order chi connectivity index (χ1) is 9.16. The van der Waals surface area contributed by atoms with Crippen molar-refractivity contribution in [1.82, 2.24) is 19.6 Å². The Morgan fingerprint density at radius 2 is 2.21 bits per heavy atom. The number of nitrogens with one attached hydrogen (secondary N) is 1. The maximum Gasteiger partial charge on any atom is 0.277 e. The summed E-state index contributed by atoms with van der Waals surface area (Å²) >= 11 is 0. The summed E-state index contributed by atoms with van der Waals surface area (Å²) in [5, 5.41) is 4.18. The minimum atomic E-state index is -0.342. The Morgan fingerprint density at radius 3 is 2.89 bits per heavy atom. The molecule has 0 atom stereocenters. The van der Waals surface area contributed by atoms with Crippen molar-refractivity contribution in [3.63, 3.8) is 0 Å². The number of carbonyl (C=O) groups is 1. The second kappa shape index (κ2) is 4.58. The second-order valence-corrected chi connectivity index (χ2v) is 4.66. The van der Waals surface area contributed by atoms with Gasteiger partial charge < -0.3 is 9.72 Å². The summed E-state index contributed by atoms with van der Waals surface area (Å²) in [6.07, 6.45) is 3.20. The Balaban J connectivity index is 2.15. The minimum Gasteiger partial charge on any atom is -0.381 e. The summed E-state index contributed by atoms with van der Waals surface area (Å²) in [5.41, 5.74) is 0.0255. The summed E-state index contributed by atoms with van der Waals surface area (Å²) in [4.78, 5) is 30.0. The number of fused-ring (bicyclic) bond motifs is 1. The number of hydrogen-bond acceptors (Lipinski definition) is 5. The zero-order chi connectivity index (χ0) is 13.4. The third-order valence-electron chi connectivity index (χ3n) is 3.35. The Hall–Kier alpha value is -2.02. The number of ketones is 1. The number of Topliss-reactive ketones (excluding diaryl/α,β-unsaturated/α-hetero) is 1. The third-order valence-corrected chi connectivity index (χ3v) is 3.35.